The van der Waals surface area contributed by atoms with E-state index < -0.39 is 31.3 Å². The van der Waals surface area contributed by atoms with Gasteiger partial charge in [-0.2, -0.15) is 0 Å². The number of hydrogen-bond acceptors (Lipinski definition) is 4. The molecule has 0 aliphatic rings. The number of hydrogen-bond donors (Lipinski definition) is 0. The van der Waals surface area contributed by atoms with Crippen LogP contribution in [0.5, 0.6) is 0 Å². The molecule has 0 amide bonds. The molecule has 0 spiro atoms. The first-order chi connectivity index (χ1) is 6.86. The third kappa shape index (κ3) is 2.11. The van der Waals surface area contributed by atoms with Gasteiger partial charge in [0.1, 0.15) is 5.02 Å². The summed E-state index contributed by atoms with van der Waals surface area (Å²) >= 11 is 16.4. The van der Waals surface area contributed by atoms with E-state index in [9.17, 15) is 20.2 Å². The van der Waals surface area contributed by atoms with Crippen molar-refractivity contribution in [2.45, 2.75) is 0 Å². The van der Waals surface area contributed by atoms with E-state index in [2.05, 4.69) is 0 Å². The van der Waals surface area contributed by atoms with E-state index >= 15 is 0 Å². The van der Waals surface area contributed by atoms with E-state index in [-0.39, 0.29) is 5.02 Å². The fourth-order valence-electron chi connectivity index (χ4n) is 0.871. The van der Waals surface area contributed by atoms with E-state index in [1.807, 2.05) is 0 Å². The first kappa shape index (κ1) is 12.0. The lowest BCUT2D eigenvalue weighted by atomic mass is 10.3. The van der Waals surface area contributed by atoms with E-state index in [1.54, 1.807) is 0 Å². The molecule has 9 heteroatoms. The largest absolute Gasteiger partial charge is 0.314 e. The van der Waals surface area contributed by atoms with Crippen molar-refractivity contribution in [1.82, 2.24) is 0 Å². The number of rotatable bonds is 2. The maximum absolute atomic E-state index is 10.5. The minimum absolute atomic E-state index is 0.292. The number of nitro benzene ring substituents is 2. The molecule has 0 aliphatic heterocycles. The number of nitro groups is 2. The fraction of sp³-hybridized carbons (Fsp3) is 0. The maximum Gasteiger partial charge on any atom is 0.314 e. The van der Waals surface area contributed by atoms with Crippen LogP contribution in [0.4, 0.5) is 11.4 Å². The number of nitrogens with zero attached hydrogens (tertiary/aromatic N) is 2. The first-order valence-electron chi connectivity index (χ1n) is 3.32. The molecule has 80 valence electrons. The molecule has 15 heavy (non-hydrogen) atoms. The highest BCUT2D eigenvalue weighted by molar-refractivity contribution is 6.46. The zero-order chi connectivity index (χ0) is 11.7. The molecule has 0 radical (unpaired) electrons. The molecule has 0 fully saturated rings. The summed E-state index contributed by atoms with van der Waals surface area (Å²) in [6, 6.07) is 0.860. The predicted octanol–water partition coefficient (Wildman–Crippen LogP) is 3.46. The van der Waals surface area contributed by atoms with Gasteiger partial charge in [0.25, 0.3) is 5.69 Å². The average Bonchev–Trinajstić information content (AvgIpc) is 2.10. The first-order valence-corrected chi connectivity index (χ1v) is 4.46. The van der Waals surface area contributed by atoms with Crippen molar-refractivity contribution in [3.63, 3.8) is 0 Å². The quantitative estimate of drug-likeness (QED) is 0.468. The van der Waals surface area contributed by atoms with Crippen LogP contribution in [0.25, 0.3) is 0 Å². The van der Waals surface area contributed by atoms with E-state index in [1.165, 1.54) is 0 Å². The molecule has 0 saturated carbocycles. The summed E-state index contributed by atoms with van der Waals surface area (Å²) in [5, 5.41) is 19.6. The summed E-state index contributed by atoms with van der Waals surface area (Å²) in [6.45, 7) is 0. The van der Waals surface area contributed by atoms with Crippen molar-refractivity contribution in [2.24, 2.45) is 0 Å². The normalized spacial score (nSPS) is 10.1. The lowest BCUT2D eigenvalue weighted by molar-refractivity contribution is -0.393. The molecule has 0 saturated heterocycles. The van der Waals surface area contributed by atoms with Gasteiger partial charge in [0.2, 0.25) is 0 Å². The van der Waals surface area contributed by atoms with Crippen LogP contribution in [-0.4, -0.2) is 9.85 Å². The van der Waals surface area contributed by atoms with Crippen LogP contribution in [0, 0.1) is 20.2 Å². The monoisotopic (exact) mass is 270 g/mol. The number of halogens is 3. The van der Waals surface area contributed by atoms with Crippen molar-refractivity contribution in [2.75, 3.05) is 0 Å². The van der Waals surface area contributed by atoms with E-state index in [0.717, 1.165) is 6.07 Å². The molecule has 0 N–H and O–H groups in total. The van der Waals surface area contributed by atoms with Gasteiger partial charge in [-0.05, 0) is 0 Å². The second-order valence-corrected chi connectivity index (χ2v) is 3.53. The lowest BCUT2D eigenvalue weighted by Gasteiger charge is -2.01. The van der Waals surface area contributed by atoms with Crippen LogP contribution in [0.2, 0.25) is 15.1 Å². The van der Waals surface area contributed by atoms with Crippen molar-refractivity contribution >= 4 is 46.2 Å². The molecule has 1 rings (SSSR count). The van der Waals surface area contributed by atoms with Crippen molar-refractivity contribution in [1.29, 1.82) is 0 Å². The SMILES string of the molecule is O=[N+]([O-])c1cc(Cl)c(Cl)c([N+](=O)[O-])c1Cl. The van der Waals surface area contributed by atoms with Gasteiger partial charge in [0.15, 0.2) is 5.02 Å². The minimum Gasteiger partial charge on any atom is -0.258 e. The Hall–Kier alpha value is -1.11. The summed E-state index contributed by atoms with van der Waals surface area (Å²) in [5.74, 6) is 0. The molecular formula is C6HCl3N2O4. The Labute approximate surface area is 97.6 Å². The van der Waals surface area contributed by atoms with Crippen molar-refractivity contribution in [3.05, 3.63) is 41.4 Å². The minimum atomic E-state index is -0.927. The Morgan fingerprint density at radius 3 is 1.93 bits per heavy atom. The molecular weight excluding hydrogens is 270 g/mol. The van der Waals surface area contributed by atoms with Crippen molar-refractivity contribution < 1.29 is 9.85 Å². The fourth-order valence-corrected chi connectivity index (χ4v) is 1.62. The van der Waals surface area contributed by atoms with Gasteiger partial charge in [-0.3, -0.25) is 20.2 Å². The van der Waals surface area contributed by atoms with Gasteiger partial charge in [0, 0.05) is 6.07 Å². The Balaban J connectivity index is 3.63. The van der Waals surface area contributed by atoms with Crippen LogP contribution in [-0.2, 0) is 0 Å². The Morgan fingerprint density at radius 1 is 1.00 bits per heavy atom. The summed E-state index contributed by atoms with van der Waals surface area (Å²) in [4.78, 5) is 19.2. The van der Waals surface area contributed by atoms with Crippen molar-refractivity contribution in [3.8, 4) is 0 Å². The van der Waals surface area contributed by atoms with Gasteiger partial charge in [-0.1, -0.05) is 34.8 Å². The second-order valence-electron chi connectivity index (χ2n) is 2.37. The molecule has 6 nitrogen and oxygen atoms in total. The summed E-state index contributed by atoms with van der Waals surface area (Å²) in [5.41, 5.74) is -1.42. The standard InChI is InChI=1S/C6HCl3N2O4/c7-2-1-3(10(12)13)5(9)6(4(2)8)11(14)15/h1H. The molecule has 0 unspecified atom stereocenters. The molecule has 0 bridgehead atoms. The zero-order valence-electron chi connectivity index (χ0n) is 6.74. The summed E-state index contributed by atoms with van der Waals surface area (Å²) < 4.78 is 0. The van der Waals surface area contributed by atoms with Crippen LogP contribution in [0.1, 0.15) is 0 Å². The summed E-state index contributed by atoms with van der Waals surface area (Å²) in [7, 11) is 0. The highest BCUT2D eigenvalue weighted by Gasteiger charge is 2.29. The molecule has 1 aromatic carbocycles. The van der Waals surface area contributed by atoms with Crippen LogP contribution >= 0.6 is 34.8 Å². The van der Waals surface area contributed by atoms with E-state index in [0.29, 0.717) is 0 Å². The van der Waals surface area contributed by atoms with Crippen LogP contribution in [0.15, 0.2) is 6.07 Å². The Bertz CT molecular complexity index is 462. The predicted molar refractivity (Wildman–Crippen MR) is 54.8 cm³/mol. The van der Waals surface area contributed by atoms with Gasteiger partial charge < -0.3 is 0 Å². The molecule has 0 aliphatic carbocycles. The van der Waals surface area contributed by atoms with Gasteiger partial charge >= 0.3 is 5.69 Å². The third-order valence-electron chi connectivity index (χ3n) is 1.49. The van der Waals surface area contributed by atoms with Crippen LogP contribution in [0.3, 0.4) is 0 Å². The molecule has 0 atom stereocenters. The second kappa shape index (κ2) is 4.18. The van der Waals surface area contributed by atoms with Gasteiger partial charge in [-0.15, -0.1) is 0 Å². The lowest BCUT2D eigenvalue weighted by Crippen LogP contribution is -1.96. The summed E-state index contributed by atoms with van der Waals surface area (Å²) in [6.07, 6.45) is 0. The molecule has 0 heterocycles. The highest BCUT2D eigenvalue weighted by atomic mass is 35.5. The number of benzene rings is 1. The molecule has 0 aromatic heterocycles. The maximum atomic E-state index is 10.5. The third-order valence-corrected chi connectivity index (χ3v) is 2.64. The smallest absolute Gasteiger partial charge is 0.258 e. The van der Waals surface area contributed by atoms with Crippen LogP contribution < -0.4 is 0 Å². The zero-order valence-corrected chi connectivity index (χ0v) is 9.01. The van der Waals surface area contributed by atoms with Gasteiger partial charge in [0.05, 0.1) is 14.9 Å². The average molecular weight is 271 g/mol. The van der Waals surface area contributed by atoms with Gasteiger partial charge in [-0.25, -0.2) is 0 Å². The van der Waals surface area contributed by atoms with E-state index in [4.69, 9.17) is 34.8 Å². The Kier molecular flexibility index (Phi) is 3.33. The molecule has 1 aromatic rings. The topological polar surface area (TPSA) is 86.3 Å². The highest BCUT2D eigenvalue weighted by Crippen LogP contribution is 2.43. The Morgan fingerprint density at radius 2 is 1.53 bits per heavy atom.